The normalized spacial score (nSPS) is 18.0. The first kappa shape index (κ1) is 26.6. The zero-order valence-corrected chi connectivity index (χ0v) is 19.0. The predicted octanol–water partition coefficient (Wildman–Crippen LogP) is 5.58. The third kappa shape index (κ3) is 6.00. The monoisotopic (exact) mass is 541 g/mol. The van der Waals surface area contributed by atoms with E-state index in [1.807, 2.05) is 0 Å². The molecule has 3 rings (SSSR count). The number of hydroxylamine groups is 1. The molecule has 0 aromatic heterocycles. The molecule has 0 radical (unpaired) electrons. The maximum atomic E-state index is 14.2. The Morgan fingerprint density at radius 1 is 1.03 bits per heavy atom. The van der Waals surface area contributed by atoms with Crippen molar-refractivity contribution in [3.05, 3.63) is 69.2 Å². The smallest absolute Gasteiger partial charge is 0.343 e. The van der Waals surface area contributed by atoms with E-state index in [9.17, 15) is 35.9 Å². The summed E-state index contributed by atoms with van der Waals surface area (Å²) < 4.78 is 79.8. The van der Waals surface area contributed by atoms with Crippen molar-refractivity contribution in [2.75, 3.05) is 11.9 Å². The number of carbonyl (C=O) groups is 2. The third-order valence-corrected chi connectivity index (χ3v) is 5.15. The van der Waals surface area contributed by atoms with Gasteiger partial charge in [-0.2, -0.15) is 26.3 Å². The summed E-state index contributed by atoms with van der Waals surface area (Å²) in [6.45, 7) is -0.540. The number of hydrogen-bond acceptors (Lipinski definition) is 4. The largest absolute Gasteiger partial charge is 0.428 e. The van der Waals surface area contributed by atoms with Crippen LogP contribution >= 0.6 is 23.2 Å². The molecule has 0 saturated carbocycles. The lowest BCUT2D eigenvalue weighted by Gasteiger charge is -2.28. The number of benzene rings is 2. The number of anilines is 1. The van der Waals surface area contributed by atoms with Crippen molar-refractivity contribution in [3.63, 3.8) is 0 Å². The topological polar surface area (TPSA) is 79.5 Å². The molecule has 1 atom stereocenters. The first-order chi connectivity index (χ1) is 16.1. The van der Waals surface area contributed by atoms with Crippen LogP contribution in [0, 0.1) is 0 Å². The van der Waals surface area contributed by atoms with Crippen molar-refractivity contribution in [2.24, 2.45) is 0 Å². The van der Waals surface area contributed by atoms with Crippen molar-refractivity contribution in [3.8, 4) is 0 Å². The molecule has 2 aromatic rings. The summed E-state index contributed by atoms with van der Waals surface area (Å²) in [6, 6.07) is 6.64. The summed E-state index contributed by atoms with van der Waals surface area (Å²) in [7, 11) is 0. The average Bonchev–Trinajstić information content (AvgIpc) is 3.17. The molecule has 3 N–H and O–H groups in total. The van der Waals surface area contributed by atoms with Gasteiger partial charge in [-0.3, -0.25) is 19.9 Å². The summed E-state index contributed by atoms with van der Waals surface area (Å²) in [5.41, 5.74) is -1.98. The van der Waals surface area contributed by atoms with Crippen LogP contribution in [0.2, 0.25) is 10.0 Å². The second kappa shape index (κ2) is 9.59. The van der Waals surface area contributed by atoms with Gasteiger partial charge in [0.15, 0.2) is 0 Å². The molecule has 2 amide bonds. The van der Waals surface area contributed by atoms with Crippen LogP contribution in [0.4, 0.5) is 32.0 Å². The van der Waals surface area contributed by atoms with Gasteiger partial charge in [0, 0.05) is 28.1 Å². The molecule has 0 bridgehead atoms. The summed E-state index contributed by atoms with van der Waals surface area (Å²) in [5, 5.41) is 3.81. The lowest BCUT2D eigenvalue weighted by atomic mass is 9.91. The van der Waals surface area contributed by atoms with Crippen molar-refractivity contribution < 1.29 is 40.8 Å². The van der Waals surface area contributed by atoms with Gasteiger partial charge in [-0.25, -0.2) is 0 Å². The van der Waals surface area contributed by atoms with Crippen molar-refractivity contribution in [1.29, 1.82) is 0 Å². The van der Waals surface area contributed by atoms with Gasteiger partial charge in [-0.1, -0.05) is 29.3 Å². The molecule has 0 fully saturated rings. The number of halogens is 8. The Morgan fingerprint density at radius 2 is 1.66 bits per heavy atom. The summed E-state index contributed by atoms with van der Waals surface area (Å²) in [5.74, 6) is -1.82. The lowest BCUT2D eigenvalue weighted by molar-refractivity contribution is -0.269. The summed E-state index contributed by atoms with van der Waals surface area (Å²) in [4.78, 5) is 28.8. The minimum atomic E-state index is -4.98. The van der Waals surface area contributed by atoms with E-state index in [1.54, 1.807) is 5.32 Å². The predicted molar refractivity (Wildman–Crippen MR) is 116 cm³/mol. The third-order valence-electron chi connectivity index (χ3n) is 4.72. The number of alkyl halides is 6. The van der Waals surface area contributed by atoms with E-state index in [2.05, 4.69) is 10.8 Å². The molecule has 188 valence electrons. The minimum absolute atomic E-state index is 0.0281. The Labute approximate surface area is 204 Å². The quantitative estimate of drug-likeness (QED) is 0.432. The Balaban J connectivity index is 2.05. The highest BCUT2D eigenvalue weighted by molar-refractivity contribution is 6.34. The van der Waals surface area contributed by atoms with Crippen molar-refractivity contribution in [2.45, 2.75) is 24.9 Å². The molecule has 1 aliphatic rings. The van der Waals surface area contributed by atoms with E-state index in [0.717, 1.165) is 31.2 Å². The molecule has 35 heavy (non-hydrogen) atoms. The fourth-order valence-electron chi connectivity index (χ4n) is 3.23. The zero-order chi connectivity index (χ0) is 26.2. The van der Waals surface area contributed by atoms with Gasteiger partial charge in [0.1, 0.15) is 6.54 Å². The zero-order valence-electron chi connectivity index (χ0n) is 17.5. The minimum Gasteiger partial charge on any atom is -0.343 e. The van der Waals surface area contributed by atoms with Crippen molar-refractivity contribution >= 4 is 46.4 Å². The molecule has 1 unspecified atom stereocenters. The summed E-state index contributed by atoms with van der Waals surface area (Å²) in [6.07, 6.45) is -8.94. The Kier molecular flexibility index (Phi) is 7.30. The highest BCUT2D eigenvalue weighted by atomic mass is 35.5. The first-order valence-corrected chi connectivity index (χ1v) is 10.3. The Hall–Kier alpha value is -2.96. The maximum absolute atomic E-state index is 14.2. The van der Waals surface area contributed by atoms with Gasteiger partial charge >= 0.3 is 12.4 Å². The highest BCUT2D eigenvalue weighted by Crippen LogP contribution is 2.48. The van der Waals surface area contributed by atoms with E-state index >= 15 is 0 Å². The van der Waals surface area contributed by atoms with Crippen LogP contribution in [0.1, 0.15) is 28.4 Å². The average molecular weight is 542 g/mol. The standard InChI is InChI=1S/C21H15Cl2F6N3O3/c1-10(33)31-16-4-11(2-3-15(16)18(34)30-9-20(24,25)26)17-8-19(35-32-17,21(27,28)29)12-5-13(22)7-14(23)6-12/h2-8,32H,9H2,1H3,(H,30,34)(H,31,33). The van der Waals surface area contributed by atoms with Crippen LogP contribution in [0.3, 0.4) is 0 Å². The van der Waals surface area contributed by atoms with Gasteiger partial charge < -0.3 is 10.6 Å². The number of hydrogen-bond donors (Lipinski definition) is 3. The van der Waals surface area contributed by atoms with Gasteiger partial charge in [-0.15, -0.1) is 0 Å². The Bertz CT molecular complexity index is 1180. The van der Waals surface area contributed by atoms with Gasteiger partial charge in [0.2, 0.25) is 11.5 Å². The van der Waals surface area contributed by atoms with Gasteiger partial charge in [0.25, 0.3) is 5.91 Å². The fraction of sp³-hybridized carbons (Fsp3) is 0.238. The molecule has 1 heterocycles. The molecule has 1 aliphatic heterocycles. The SMILES string of the molecule is CC(=O)Nc1cc(C2=CC(c3cc(Cl)cc(Cl)c3)(C(F)(F)F)ON2)ccc1C(=O)NCC(F)(F)F. The van der Waals surface area contributed by atoms with E-state index in [-0.39, 0.29) is 32.6 Å². The van der Waals surface area contributed by atoms with E-state index in [4.69, 9.17) is 28.0 Å². The number of nitrogens with one attached hydrogen (secondary N) is 3. The molecule has 0 spiro atoms. The first-order valence-electron chi connectivity index (χ1n) is 9.58. The van der Waals surface area contributed by atoms with E-state index in [1.165, 1.54) is 12.1 Å². The van der Waals surface area contributed by atoms with E-state index in [0.29, 0.717) is 6.08 Å². The van der Waals surface area contributed by atoms with Crippen molar-refractivity contribution in [1.82, 2.24) is 10.8 Å². The Morgan fingerprint density at radius 3 is 2.20 bits per heavy atom. The van der Waals surface area contributed by atoms with Crippen LogP contribution < -0.4 is 16.1 Å². The fourth-order valence-corrected chi connectivity index (χ4v) is 3.76. The lowest BCUT2D eigenvalue weighted by Crippen LogP contribution is -2.42. The summed E-state index contributed by atoms with van der Waals surface area (Å²) >= 11 is 11.7. The number of rotatable bonds is 5. The van der Waals surface area contributed by atoms with E-state index < -0.39 is 41.9 Å². The van der Waals surface area contributed by atoms with Crippen LogP contribution in [0.15, 0.2) is 42.5 Å². The molecular formula is C21H15Cl2F6N3O3. The van der Waals surface area contributed by atoms with Crippen LogP contribution in [-0.2, 0) is 15.2 Å². The second-order valence-electron chi connectivity index (χ2n) is 7.39. The highest BCUT2D eigenvalue weighted by Gasteiger charge is 2.59. The molecule has 14 heteroatoms. The van der Waals surface area contributed by atoms with Gasteiger partial charge in [-0.05, 0) is 36.4 Å². The van der Waals surface area contributed by atoms with Gasteiger partial charge in [0.05, 0.1) is 16.9 Å². The molecule has 2 aromatic carbocycles. The molecule has 0 saturated heterocycles. The van der Waals surface area contributed by atoms with Crippen LogP contribution in [0.25, 0.3) is 5.70 Å². The van der Waals surface area contributed by atoms with Crippen LogP contribution in [-0.4, -0.2) is 30.7 Å². The molecule has 0 aliphatic carbocycles. The number of carbonyl (C=O) groups excluding carboxylic acids is 2. The second-order valence-corrected chi connectivity index (χ2v) is 8.27. The molecule has 6 nitrogen and oxygen atoms in total. The maximum Gasteiger partial charge on any atom is 0.428 e. The van der Waals surface area contributed by atoms with Crippen LogP contribution in [0.5, 0.6) is 0 Å². The number of amides is 2. The molecular weight excluding hydrogens is 527 g/mol.